The summed E-state index contributed by atoms with van der Waals surface area (Å²) >= 11 is 0. The van der Waals surface area contributed by atoms with Crippen LogP contribution in [0, 0.1) is 0 Å². The van der Waals surface area contributed by atoms with Crippen LogP contribution in [0.4, 0.5) is 0 Å². The zero-order valence-electron chi connectivity index (χ0n) is 15.4. The summed E-state index contributed by atoms with van der Waals surface area (Å²) in [5.41, 5.74) is 0. The standard InChI is InChI=1S/C20H29N3O2/c1-3-20-21-11-13-23(20)17-6-5-12-22(16-17)14-15-25-19-9-7-18(8-10-19)24-4-2/h7-11,13,17H,3-6,12,14-16H2,1-2H3/t17-/m0/s1. The zero-order valence-corrected chi connectivity index (χ0v) is 15.4. The molecular formula is C20H29N3O2. The quantitative estimate of drug-likeness (QED) is 0.735. The molecule has 1 aliphatic rings. The highest BCUT2D eigenvalue weighted by Crippen LogP contribution is 2.23. The third-order valence-corrected chi connectivity index (χ3v) is 4.75. The topological polar surface area (TPSA) is 39.5 Å². The normalized spacial score (nSPS) is 18.2. The van der Waals surface area contributed by atoms with Gasteiger partial charge in [0.25, 0.3) is 0 Å². The number of rotatable bonds is 8. The van der Waals surface area contributed by atoms with E-state index in [2.05, 4.69) is 27.6 Å². The number of aromatic nitrogens is 2. The van der Waals surface area contributed by atoms with Crippen LogP contribution in [0.5, 0.6) is 11.5 Å². The highest BCUT2D eigenvalue weighted by atomic mass is 16.5. The second-order valence-corrected chi connectivity index (χ2v) is 6.45. The number of ether oxygens (including phenoxy) is 2. The minimum Gasteiger partial charge on any atom is -0.494 e. The van der Waals surface area contributed by atoms with E-state index < -0.39 is 0 Å². The Morgan fingerprint density at radius 1 is 1.12 bits per heavy atom. The van der Waals surface area contributed by atoms with Gasteiger partial charge in [0.05, 0.1) is 6.61 Å². The second-order valence-electron chi connectivity index (χ2n) is 6.45. The first-order valence-corrected chi connectivity index (χ1v) is 9.40. The van der Waals surface area contributed by atoms with Gasteiger partial charge < -0.3 is 14.0 Å². The third kappa shape index (κ3) is 4.75. The average molecular weight is 343 g/mol. The molecule has 0 amide bonds. The van der Waals surface area contributed by atoms with Gasteiger partial charge in [0.15, 0.2) is 0 Å². The van der Waals surface area contributed by atoms with E-state index in [1.165, 1.54) is 18.7 Å². The van der Waals surface area contributed by atoms with Gasteiger partial charge in [-0.3, -0.25) is 4.90 Å². The van der Waals surface area contributed by atoms with Crippen LogP contribution in [0.15, 0.2) is 36.7 Å². The maximum atomic E-state index is 5.90. The van der Waals surface area contributed by atoms with Crippen molar-refractivity contribution >= 4 is 0 Å². The van der Waals surface area contributed by atoms with Crippen LogP contribution in [-0.2, 0) is 6.42 Å². The van der Waals surface area contributed by atoms with E-state index in [0.717, 1.165) is 37.6 Å². The molecule has 0 aliphatic carbocycles. The molecule has 0 spiro atoms. The lowest BCUT2D eigenvalue weighted by molar-refractivity contribution is 0.148. The van der Waals surface area contributed by atoms with Crippen molar-refractivity contribution in [3.63, 3.8) is 0 Å². The van der Waals surface area contributed by atoms with Crippen molar-refractivity contribution in [3.05, 3.63) is 42.5 Å². The smallest absolute Gasteiger partial charge is 0.119 e. The summed E-state index contributed by atoms with van der Waals surface area (Å²) in [6.07, 6.45) is 7.51. The molecule has 1 aliphatic heterocycles. The predicted molar refractivity (Wildman–Crippen MR) is 99.4 cm³/mol. The van der Waals surface area contributed by atoms with Crippen molar-refractivity contribution in [1.82, 2.24) is 14.5 Å². The Morgan fingerprint density at radius 2 is 1.88 bits per heavy atom. The molecule has 0 saturated carbocycles. The summed E-state index contributed by atoms with van der Waals surface area (Å²) in [6, 6.07) is 8.41. The van der Waals surface area contributed by atoms with Gasteiger partial charge in [0.2, 0.25) is 0 Å². The maximum Gasteiger partial charge on any atom is 0.119 e. The molecule has 136 valence electrons. The van der Waals surface area contributed by atoms with Crippen LogP contribution in [0.2, 0.25) is 0 Å². The van der Waals surface area contributed by atoms with E-state index in [0.29, 0.717) is 19.3 Å². The van der Waals surface area contributed by atoms with Crippen LogP contribution in [0.3, 0.4) is 0 Å². The molecule has 5 nitrogen and oxygen atoms in total. The molecule has 0 unspecified atom stereocenters. The molecule has 0 N–H and O–H groups in total. The minimum atomic E-state index is 0.539. The molecule has 2 heterocycles. The van der Waals surface area contributed by atoms with E-state index >= 15 is 0 Å². The Bertz CT molecular complexity index is 639. The van der Waals surface area contributed by atoms with E-state index in [1.54, 1.807) is 0 Å². The summed E-state index contributed by atoms with van der Waals surface area (Å²) in [5, 5.41) is 0. The second kappa shape index (κ2) is 8.90. The van der Waals surface area contributed by atoms with Crippen LogP contribution in [-0.4, -0.2) is 47.3 Å². The van der Waals surface area contributed by atoms with Gasteiger partial charge in [-0.25, -0.2) is 4.98 Å². The molecule has 1 atom stereocenters. The number of nitrogens with zero attached hydrogens (tertiary/aromatic N) is 3. The Labute approximate surface area is 150 Å². The van der Waals surface area contributed by atoms with Crippen LogP contribution in [0.25, 0.3) is 0 Å². The summed E-state index contributed by atoms with van der Waals surface area (Å²) < 4.78 is 13.7. The first kappa shape index (κ1) is 17.8. The number of imidazole rings is 1. The summed E-state index contributed by atoms with van der Waals surface area (Å²) in [6.45, 7) is 8.75. The van der Waals surface area contributed by atoms with Gasteiger partial charge in [0, 0.05) is 37.9 Å². The van der Waals surface area contributed by atoms with Gasteiger partial charge in [0.1, 0.15) is 23.9 Å². The number of likely N-dealkylation sites (tertiary alicyclic amines) is 1. The molecule has 1 aromatic carbocycles. The van der Waals surface area contributed by atoms with E-state index in [9.17, 15) is 0 Å². The van der Waals surface area contributed by atoms with Crippen LogP contribution in [0.1, 0.15) is 38.6 Å². The number of hydrogen-bond acceptors (Lipinski definition) is 4. The first-order valence-electron chi connectivity index (χ1n) is 9.40. The maximum absolute atomic E-state index is 5.90. The van der Waals surface area contributed by atoms with E-state index in [1.807, 2.05) is 37.4 Å². The van der Waals surface area contributed by atoms with E-state index in [4.69, 9.17) is 9.47 Å². The van der Waals surface area contributed by atoms with Crippen molar-refractivity contribution in [2.45, 2.75) is 39.2 Å². The Morgan fingerprint density at radius 3 is 2.60 bits per heavy atom. The predicted octanol–water partition coefficient (Wildman–Crippen LogP) is 3.56. The highest BCUT2D eigenvalue weighted by Gasteiger charge is 2.22. The SMILES string of the molecule is CCOc1ccc(OCCN2CCC[C@H](n3ccnc3CC)C2)cc1. The Hall–Kier alpha value is -2.01. The molecule has 0 radical (unpaired) electrons. The molecular weight excluding hydrogens is 314 g/mol. The summed E-state index contributed by atoms with van der Waals surface area (Å²) in [7, 11) is 0. The molecule has 3 rings (SSSR count). The van der Waals surface area contributed by atoms with Gasteiger partial charge in [-0.05, 0) is 50.6 Å². The summed E-state index contributed by atoms with van der Waals surface area (Å²) in [5.74, 6) is 2.98. The number of aryl methyl sites for hydroxylation is 1. The fourth-order valence-corrected chi connectivity index (χ4v) is 3.50. The third-order valence-electron chi connectivity index (χ3n) is 4.75. The lowest BCUT2D eigenvalue weighted by Crippen LogP contribution is -2.39. The van der Waals surface area contributed by atoms with Gasteiger partial charge in [-0.1, -0.05) is 6.92 Å². The minimum absolute atomic E-state index is 0.539. The largest absolute Gasteiger partial charge is 0.494 e. The average Bonchev–Trinajstić information content (AvgIpc) is 3.12. The van der Waals surface area contributed by atoms with Gasteiger partial charge in [-0.15, -0.1) is 0 Å². The van der Waals surface area contributed by atoms with Crippen molar-refractivity contribution in [3.8, 4) is 11.5 Å². The number of piperidine rings is 1. The summed E-state index contributed by atoms with van der Waals surface area (Å²) in [4.78, 5) is 6.97. The first-order chi connectivity index (χ1) is 12.3. The molecule has 2 aromatic rings. The van der Waals surface area contributed by atoms with Crippen molar-refractivity contribution in [2.75, 3.05) is 32.8 Å². The highest BCUT2D eigenvalue weighted by molar-refractivity contribution is 5.31. The van der Waals surface area contributed by atoms with Gasteiger partial charge >= 0.3 is 0 Å². The Balaban J connectivity index is 1.46. The lowest BCUT2D eigenvalue weighted by Gasteiger charge is -2.34. The fourth-order valence-electron chi connectivity index (χ4n) is 3.50. The zero-order chi connectivity index (χ0) is 17.5. The number of hydrogen-bond donors (Lipinski definition) is 0. The fraction of sp³-hybridized carbons (Fsp3) is 0.550. The molecule has 5 heteroatoms. The van der Waals surface area contributed by atoms with Crippen molar-refractivity contribution in [1.29, 1.82) is 0 Å². The van der Waals surface area contributed by atoms with Crippen LogP contribution < -0.4 is 9.47 Å². The van der Waals surface area contributed by atoms with E-state index in [-0.39, 0.29) is 0 Å². The van der Waals surface area contributed by atoms with Crippen molar-refractivity contribution < 1.29 is 9.47 Å². The number of benzene rings is 1. The molecule has 0 bridgehead atoms. The van der Waals surface area contributed by atoms with Gasteiger partial charge in [-0.2, -0.15) is 0 Å². The molecule has 1 saturated heterocycles. The molecule has 1 fully saturated rings. The lowest BCUT2D eigenvalue weighted by atomic mass is 10.1. The molecule has 1 aromatic heterocycles. The Kier molecular flexibility index (Phi) is 6.34. The van der Waals surface area contributed by atoms with Crippen molar-refractivity contribution in [2.24, 2.45) is 0 Å². The monoisotopic (exact) mass is 343 g/mol. The molecule has 25 heavy (non-hydrogen) atoms. The van der Waals surface area contributed by atoms with Crippen LogP contribution >= 0.6 is 0 Å².